The number of likely N-dealkylation sites (N-methyl/N-ethyl adjacent to an activating group) is 1. The van der Waals surface area contributed by atoms with Gasteiger partial charge in [0.05, 0.1) is 0 Å². The van der Waals surface area contributed by atoms with Crippen LogP contribution in [-0.4, -0.2) is 61.7 Å². The molecule has 96 valence electrons. The molecule has 1 heterocycles. The summed E-state index contributed by atoms with van der Waals surface area (Å²) in [5.74, 6) is 0. The molecule has 0 saturated carbocycles. The molecule has 1 saturated heterocycles. The second-order valence-electron chi connectivity index (χ2n) is 5.51. The molecule has 1 N–H and O–H groups in total. The van der Waals surface area contributed by atoms with E-state index in [2.05, 4.69) is 50.0 Å². The van der Waals surface area contributed by atoms with Crippen molar-refractivity contribution in [2.24, 2.45) is 0 Å². The summed E-state index contributed by atoms with van der Waals surface area (Å²) in [5.41, 5.74) is 0. The lowest BCUT2D eigenvalue weighted by molar-refractivity contribution is 0.251. The van der Waals surface area contributed by atoms with Gasteiger partial charge in [0.1, 0.15) is 0 Å². The van der Waals surface area contributed by atoms with Gasteiger partial charge in [0.15, 0.2) is 0 Å². The second kappa shape index (κ2) is 6.58. The van der Waals surface area contributed by atoms with Crippen LogP contribution in [0.3, 0.4) is 0 Å². The molecule has 1 aliphatic heterocycles. The fourth-order valence-corrected chi connectivity index (χ4v) is 2.42. The summed E-state index contributed by atoms with van der Waals surface area (Å²) in [6, 6.07) is 2.08. The van der Waals surface area contributed by atoms with Crippen LogP contribution in [-0.2, 0) is 0 Å². The van der Waals surface area contributed by atoms with Crippen LogP contribution >= 0.6 is 0 Å². The molecule has 0 amide bonds. The van der Waals surface area contributed by atoms with Gasteiger partial charge in [-0.3, -0.25) is 4.90 Å². The topological polar surface area (TPSA) is 18.5 Å². The number of nitrogens with zero attached hydrogens (tertiary/aromatic N) is 2. The van der Waals surface area contributed by atoms with E-state index < -0.39 is 0 Å². The van der Waals surface area contributed by atoms with Gasteiger partial charge in [-0.1, -0.05) is 6.92 Å². The van der Waals surface area contributed by atoms with Crippen molar-refractivity contribution in [3.05, 3.63) is 0 Å². The Labute approximate surface area is 101 Å². The fraction of sp³-hybridized carbons (Fsp3) is 1.00. The molecule has 2 atom stereocenters. The maximum Gasteiger partial charge on any atom is 0.0212 e. The molecule has 0 aromatic heterocycles. The Morgan fingerprint density at radius 3 is 2.50 bits per heavy atom. The van der Waals surface area contributed by atoms with E-state index in [1.54, 1.807) is 0 Å². The molecule has 0 aromatic rings. The van der Waals surface area contributed by atoms with Crippen molar-refractivity contribution in [2.45, 2.75) is 51.7 Å². The Balaban J connectivity index is 2.24. The highest BCUT2D eigenvalue weighted by molar-refractivity contribution is 4.84. The maximum atomic E-state index is 3.72. The van der Waals surface area contributed by atoms with Crippen molar-refractivity contribution in [3.63, 3.8) is 0 Å². The van der Waals surface area contributed by atoms with Gasteiger partial charge in [0.25, 0.3) is 0 Å². The predicted octanol–water partition coefficient (Wildman–Crippen LogP) is 1.40. The molecule has 0 spiro atoms. The first-order chi connectivity index (χ1) is 7.54. The van der Waals surface area contributed by atoms with Crippen molar-refractivity contribution in [3.8, 4) is 0 Å². The van der Waals surface area contributed by atoms with Gasteiger partial charge < -0.3 is 10.2 Å². The maximum absolute atomic E-state index is 3.72. The highest BCUT2D eigenvalue weighted by Crippen LogP contribution is 2.12. The zero-order valence-corrected chi connectivity index (χ0v) is 11.7. The minimum Gasteiger partial charge on any atom is -0.311 e. The van der Waals surface area contributed by atoms with E-state index in [0.29, 0.717) is 18.1 Å². The van der Waals surface area contributed by atoms with Crippen LogP contribution in [0.25, 0.3) is 0 Å². The zero-order valence-electron chi connectivity index (χ0n) is 11.7. The van der Waals surface area contributed by atoms with Crippen molar-refractivity contribution >= 4 is 0 Å². The molecule has 3 nitrogen and oxygen atoms in total. The summed E-state index contributed by atoms with van der Waals surface area (Å²) in [6.45, 7) is 10.4. The summed E-state index contributed by atoms with van der Waals surface area (Å²) in [5, 5.41) is 3.72. The smallest absolute Gasteiger partial charge is 0.0212 e. The average Bonchev–Trinajstić information content (AvgIpc) is 2.67. The molecule has 2 unspecified atom stereocenters. The summed E-state index contributed by atoms with van der Waals surface area (Å²) in [6.07, 6.45) is 2.53. The lowest BCUT2D eigenvalue weighted by Crippen LogP contribution is -2.43. The molecule has 0 bridgehead atoms. The Hall–Kier alpha value is -0.120. The van der Waals surface area contributed by atoms with Crippen LogP contribution in [0.2, 0.25) is 0 Å². The first-order valence-corrected chi connectivity index (χ1v) is 6.68. The van der Waals surface area contributed by atoms with E-state index in [1.165, 1.54) is 25.9 Å². The van der Waals surface area contributed by atoms with Crippen molar-refractivity contribution in [1.29, 1.82) is 0 Å². The third kappa shape index (κ3) is 4.04. The van der Waals surface area contributed by atoms with E-state index >= 15 is 0 Å². The Bertz CT molecular complexity index is 192. The third-order valence-corrected chi connectivity index (χ3v) is 3.79. The van der Waals surface area contributed by atoms with Gasteiger partial charge in [-0.2, -0.15) is 0 Å². The molecule has 0 radical (unpaired) electrons. The SMILES string of the molecule is CCC(CNC1CCN(C(C)C)C1)N(C)C. The van der Waals surface area contributed by atoms with Gasteiger partial charge in [0, 0.05) is 31.2 Å². The number of nitrogens with one attached hydrogen (secondary N) is 1. The molecule has 16 heavy (non-hydrogen) atoms. The number of hydrogen-bond acceptors (Lipinski definition) is 3. The van der Waals surface area contributed by atoms with Crippen LogP contribution in [0.4, 0.5) is 0 Å². The minimum absolute atomic E-state index is 0.674. The number of hydrogen-bond donors (Lipinski definition) is 1. The largest absolute Gasteiger partial charge is 0.311 e. The normalized spacial score (nSPS) is 24.6. The molecule has 0 aliphatic carbocycles. The van der Waals surface area contributed by atoms with Crippen LogP contribution < -0.4 is 5.32 Å². The van der Waals surface area contributed by atoms with Crippen molar-refractivity contribution in [1.82, 2.24) is 15.1 Å². The zero-order chi connectivity index (χ0) is 12.1. The first-order valence-electron chi connectivity index (χ1n) is 6.68. The average molecular weight is 227 g/mol. The van der Waals surface area contributed by atoms with Crippen LogP contribution in [0.1, 0.15) is 33.6 Å². The molecule has 1 aliphatic rings. The van der Waals surface area contributed by atoms with Gasteiger partial charge in [-0.25, -0.2) is 0 Å². The molecule has 1 fully saturated rings. The van der Waals surface area contributed by atoms with Gasteiger partial charge in [-0.15, -0.1) is 0 Å². The summed E-state index contributed by atoms with van der Waals surface area (Å²) >= 11 is 0. The van der Waals surface area contributed by atoms with E-state index in [-0.39, 0.29) is 0 Å². The molecular formula is C13H29N3. The van der Waals surface area contributed by atoms with Crippen molar-refractivity contribution in [2.75, 3.05) is 33.7 Å². The van der Waals surface area contributed by atoms with Crippen LogP contribution in [0, 0.1) is 0 Å². The highest BCUT2D eigenvalue weighted by atomic mass is 15.2. The third-order valence-electron chi connectivity index (χ3n) is 3.79. The summed E-state index contributed by atoms with van der Waals surface area (Å²) < 4.78 is 0. The first kappa shape index (κ1) is 13.9. The Kier molecular flexibility index (Phi) is 5.73. The lowest BCUT2D eigenvalue weighted by Gasteiger charge is -2.25. The highest BCUT2D eigenvalue weighted by Gasteiger charge is 2.24. The Morgan fingerprint density at radius 2 is 2.06 bits per heavy atom. The molecule has 1 rings (SSSR count). The number of likely N-dealkylation sites (tertiary alicyclic amines) is 1. The molecular weight excluding hydrogens is 198 g/mol. The van der Waals surface area contributed by atoms with Crippen molar-refractivity contribution < 1.29 is 0 Å². The van der Waals surface area contributed by atoms with E-state index in [0.717, 1.165) is 6.54 Å². The predicted molar refractivity (Wildman–Crippen MR) is 70.9 cm³/mol. The minimum atomic E-state index is 0.674. The second-order valence-corrected chi connectivity index (χ2v) is 5.51. The summed E-state index contributed by atoms with van der Waals surface area (Å²) in [4.78, 5) is 4.89. The van der Waals surface area contributed by atoms with Gasteiger partial charge in [-0.05, 0) is 47.3 Å². The van der Waals surface area contributed by atoms with Gasteiger partial charge >= 0.3 is 0 Å². The molecule has 0 aromatic carbocycles. The monoisotopic (exact) mass is 227 g/mol. The van der Waals surface area contributed by atoms with Gasteiger partial charge in [0.2, 0.25) is 0 Å². The van der Waals surface area contributed by atoms with Crippen LogP contribution in [0.5, 0.6) is 0 Å². The standard InChI is InChI=1S/C13H29N3/c1-6-13(15(4)5)9-14-12-7-8-16(10-12)11(2)3/h11-14H,6-10H2,1-5H3. The van der Waals surface area contributed by atoms with E-state index in [9.17, 15) is 0 Å². The molecule has 3 heteroatoms. The van der Waals surface area contributed by atoms with E-state index in [1.807, 2.05) is 0 Å². The lowest BCUT2D eigenvalue weighted by atomic mass is 10.2. The van der Waals surface area contributed by atoms with E-state index in [4.69, 9.17) is 0 Å². The Morgan fingerprint density at radius 1 is 1.38 bits per heavy atom. The quantitative estimate of drug-likeness (QED) is 0.740. The number of rotatable bonds is 6. The fourth-order valence-electron chi connectivity index (χ4n) is 2.42. The summed E-state index contributed by atoms with van der Waals surface area (Å²) in [7, 11) is 4.34. The van der Waals surface area contributed by atoms with Crippen LogP contribution in [0.15, 0.2) is 0 Å².